The second-order valence-corrected chi connectivity index (χ2v) is 7.15. The third kappa shape index (κ3) is 4.03. The number of amides is 1. The second kappa shape index (κ2) is 8.49. The van der Waals surface area contributed by atoms with E-state index in [-0.39, 0.29) is 5.91 Å². The van der Waals surface area contributed by atoms with Crippen molar-refractivity contribution in [2.24, 2.45) is 0 Å². The zero-order valence-corrected chi connectivity index (χ0v) is 16.7. The van der Waals surface area contributed by atoms with E-state index in [0.29, 0.717) is 35.3 Å². The van der Waals surface area contributed by atoms with Crippen LogP contribution in [0, 0.1) is 0 Å². The Morgan fingerprint density at radius 3 is 2.72 bits per heavy atom. The fraction of sp³-hybridized carbons (Fsp3) is 0.304. The Kier molecular flexibility index (Phi) is 5.62. The van der Waals surface area contributed by atoms with E-state index < -0.39 is 0 Å². The Morgan fingerprint density at radius 2 is 1.97 bits per heavy atom. The van der Waals surface area contributed by atoms with Crippen molar-refractivity contribution in [3.05, 3.63) is 54.1 Å². The highest BCUT2D eigenvalue weighted by Gasteiger charge is 2.18. The number of pyridine rings is 1. The smallest absolute Gasteiger partial charge is 0.252 e. The third-order valence-corrected chi connectivity index (χ3v) is 5.31. The van der Waals surface area contributed by atoms with Gasteiger partial charge in [-0.1, -0.05) is 18.2 Å². The SMILES string of the molecule is COc1ccc(-c2cc(C(=O)NCC3CCCN3)c3ccccc3n2)cc1OC. The van der Waals surface area contributed by atoms with Gasteiger partial charge in [-0.15, -0.1) is 0 Å². The largest absolute Gasteiger partial charge is 0.493 e. The van der Waals surface area contributed by atoms with Crippen molar-refractivity contribution in [1.82, 2.24) is 15.6 Å². The van der Waals surface area contributed by atoms with Crippen LogP contribution in [0.5, 0.6) is 11.5 Å². The van der Waals surface area contributed by atoms with Crippen LogP contribution in [0.25, 0.3) is 22.2 Å². The monoisotopic (exact) mass is 391 g/mol. The van der Waals surface area contributed by atoms with Crippen molar-refractivity contribution in [1.29, 1.82) is 0 Å². The molecule has 6 heteroatoms. The standard InChI is InChI=1S/C23H25N3O3/c1-28-21-10-9-15(12-22(21)29-2)20-13-18(17-7-3-4-8-19(17)26-20)23(27)25-14-16-6-5-11-24-16/h3-4,7-10,12-13,16,24H,5-6,11,14H2,1-2H3,(H,25,27). The maximum Gasteiger partial charge on any atom is 0.252 e. The zero-order valence-electron chi connectivity index (χ0n) is 16.7. The molecule has 3 aromatic rings. The number of para-hydroxylation sites is 1. The van der Waals surface area contributed by atoms with E-state index in [2.05, 4.69) is 10.6 Å². The fourth-order valence-electron chi connectivity index (χ4n) is 3.75. The molecule has 0 spiro atoms. The number of methoxy groups -OCH3 is 2. The first-order valence-corrected chi connectivity index (χ1v) is 9.83. The van der Waals surface area contributed by atoms with Gasteiger partial charge in [0.15, 0.2) is 11.5 Å². The van der Waals surface area contributed by atoms with Gasteiger partial charge in [-0.3, -0.25) is 4.79 Å². The van der Waals surface area contributed by atoms with Crippen molar-refractivity contribution in [2.45, 2.75) is 18.9 Å². The lowest BCUT2D eigenvalue weighted by Gasteiger charge is -2.14. The first-order chi connectivity index (χ1) is 14.2. The number of nitrogens with zero attached hydrogens (tertiary/aromatic N) is 1. The molecule has 0 radical (unpaired) electrons. The summed E-state index contributed by atoms with van der Waals surface area (Å²) in [6, 6.07) is 15.5. The van der Waals surface area contributed by atoms with Crippen molar-refractivity contribution < 1.29 is 14.3 Å². The molecular formula is C23H25N3O3. The summed E-state index contributed by atoms with van der Waals surface area (Å²) in [6.07, 6.45) is 2.25. The molecule has 6 nitrogen and oxygen atoms in total. The van der Waals surface area contributed by atoms with Gasteiger partial charge in [0.1, 0.15) is 0 Å². The van der Waals surface area contributed by atoms with Crippen LogP contribution in [-0.4, -0.2) is 44.2 Å². The maximum absolute atomic E-state index is 13.0. The normalized spacial score (nSPS) is 16.0. The van der Waals surface area contributed by atoms with Crippen LogP contribution in [0.15, 0.2) is 48.5 Å². The van der Waals surface area contributed by atoms with Crippen LogP contribution in [0.1, 0.15) is 23.2 Å². The van der Waals surface area contributed by atoms with E-state index in [1.807, 2.05) is 48.5 Å². The van der Waals surface area contributed by atoms with Crippen LogP contribution in [0.2, 0.25) is 0 Å². The van der Waals surface area contributed by atoms with Gasteiger partial charge in [0, 0.05) is 23.5 Å². The van der Waals surface area contributed by atoms with Crippen molar-refractivity contribution in [3.8, 4) is 22.8 Å². The van der Waals surface area contributed by atoms with Crippen molar-refractivity contribution >= 4 is 16.8 Å². The quantitative estimate of drug-likeness (QED) is 0.674. The predicted octanol–water partition coefficient (Wildman–Crippen LogP) is 3.40. The van der Waals surface area contributed by atoms with Crippen molar-refractivity contribution in [2.75, 3.05) is 27.3 Å². The zero-order chi connectivity index (χ0) is 20.2. The minimum Gasteiger partial charge on any atom is -0.493 e. The van der Waals surface area contributed by atoms with Crippen molar-refractivity contribution in [3.63, 3.8) is 0 Å². The fourth-order valence-corrected chi connectivity index (χ4v) is 3.75. The Balaban J connectivity index is 1.71. The number of fused-ring (bicyclic) bond motifs is 1. The molecule has 1 saturated heterocycles. The number of hydrogen-bond donors (Lipinski definition) is 2. The summed E-state index contributed by atoms with van der Waals surface area (Å²) < 4.78 is 10.7. The molecule has 0 aliphatic carbocycles. The van der Waals surface area contributed by atoms with Gasteiger partial charge in [-0.05, 0) is 49.7 Å². The Hall–Kier alpha value is -3.12. The summed E-state index contributed by atoms with van der Waals surface area (Å²) in [7, 11) is 3.21. The highest BCUT2D eigenvalue weighted by Crippen LogP contribution is 2.33. The lowest BCUT2D eigenvalue weighted by Crippen LogP contribution is -2.37. The van der Waals surface area contributed by atoms with E-state index in [4.69, 9.17) is 14.5 Å². The first kappa shape index (κ1) is 19.2. The Morgan fingerprint density at radius 1 is 1.14 bits per heavy atom. The van der Waals surface area contributed by atoms with E-state index in [0.717, 1.165) is 35.9 Å². The average Bonchev–Trinajstić information content (AvgIpc) is 3.30. The van der Waals surface area contributed by atoms with Crippen LogP contribution in [-0.2, 0) is 0 Å². The summed E-state index contributed by atoms with van der Waals surface area (Å²) >= 11 is 0. The van der Waals surface area contributed by atoms with Crippen LogP contribution in [0.3, 0.4) is 0 Å². The highest BCUT2D eigenvalue weighted by molar-refractivity contribution is 6.07. The molecule has 1 fully saturated rings. The molecule has 0 saturated carbocycles. The predicted molar refractivity (Wildman–Crippen MR) is 114 cm³/mol. The molecular weight excluding hydrogens is 366 g/mol. The van der Waals surface area contributed by atoms with E-state index in [1.54, 1.807) is 14.2 Å². The molecule has 2 heterocycles. The topological polar surface area (TPSA) is 72.5 Å². The molecule has 150 valence electrons. The average molecular weight is 391 g/mol. The molecule has 2 N–H and O–H groups in total. The Labute approximate surface area is 170 Å². The molecule has 2 aromatic carbocycles. The molecule has 1 amide bonds. The van der Waals surface area contributed by atoms with Gasteiger partial charge < -0.3 is 20.1 Å². The van der Waals surface area contributed by atoms with E-state index in [1.165, 1.54) is 0 Å². The van der Waals surface area contributed by atoms with E-state index >= 15 is 0 Å². The van der Waals surface area contributed by atoms with Gasteiger partial charge in [0.25, 0.3) is 5.91 Å². The summed E-state index contributed by atoms with van der Waals surface area (Å²) in [4.78, 5) is 17.8. The Bertz CT molecular complexity index is 1030. The lowest BCUT2D eigenvalue weighted by atomic mass is 10.0. The third-order valence-electron chi connectivity index (χ3n) is 5.31. The first-order valence-electron chi connectivity index (χ1n) is 9.83. The second-order valence-electron chi connectivity index (χ2n) is 7.15. The molecule has 1 aliphatic rings. The van der Waals surface area contributed by atoms with Crippen LogP contribution in [0.4, 0.5) is 0 Å². The molecule has 4 rings (SSSR count). The molecule has 1 unspecified atom stereocenters. The summed E-state index contributed by atoms with van der Waals surface area (Å²) in [6.45, 7) is 1.64. The summed E-state index contributed by atoms with van der Waals surface area (Å²) in [5.74, 6) is 1.19. The van der Waals surface area contributed by atoms with Gasteiger partial charge >= 0.3 is 0 Å². The molecule has 1 aromatic heterocycles. The number of rotatable bonds is 6. The summed E-state index contributed by atoms with van der Waals surface area (Å²) in [5.41, 5.74) is 2.98. The highest BCUT2D eigenvalue weighted by atomic mass is 16.5. The number of ether oxygens (including phenoxy) is 2. The lowest BCUT2D eigenvalue weighted by molar-refractivity contribution is 0.0952. The van der Waals surface area contributed by atoms with E-state index in [9.17, 15) is 4.79 Å². The maximum atomic E-state index is 13.0. The molecule has 1 atom stereocenters. The number of carbonyl (C=O) groups is 1. The van der Waals surface area contributed by atoms with Crippen LogP contribution < -0.4 is 20.1 Å². The minimum absolute atomic E-state index is 0.0842. The number of carbonyl (C=O) groups excluding carboxylic acids is 1. The number of benzene rings is 2. The minimum atomic E-state index is -0.0842. The molecule has 29 heavy (non-hydrogen) atoms. The molecule has 1 aliphatic heterocycles. The number of aromatic nitrogens is 1. The van der Waals surface area contributed by atoms with Gasteiger partial charge in [-0.25, -0.2) is 4.98 Å². The number of nitrogens with one attached hydrogen (secondary N) is 2. The number of hydrogen-bond acceptors (Lipinski definition) is 5. The summed E-state index contributed by atoms with van der Waals surface area (Å²) in [5, 5.41) is 7.33. The van der Waals surface area contributed by atoms with Crippen LogP contribution >= 0.6 is 0 Å². The molecule has 0 bridgehead atoms. The van der Waals surface area contributed by atoms with Gasteiger partial charge in [-0.2, -0.15) is 0 Å². The van der Waals surface area contributed by atoms with Gasteiger partial charge in [0.05, 0.1) is 31.0 Å². The van der Waals surface area contributed by atoms with Gasteiger partial charge in [0.2, 0.25) is 0 Å².